The lowest BCUT2D eigenvalue weighted by atomic mass is 9.97. The molecule has 1 fully saturated rings. The van der Waals surface area contributed by atoms with E-state index in [0.29, 0.717) is 5.92 Å². The van der Waals surface area contributed by atoms with Gasteiger partial charge >= 0.3 is 0 Å². The van der Waals surface area contributed by atoms with Gasteiger partial charge in [-0.05, 0) is 42.9 Å². The molecular weight excluding hydrogens is 338 g/mol. The first kappa shape index (κ1) is 21.2. The molecule has 6 nitrogen and oxygen atoms in total. The molecule has 1 unspecified atom stereocenters. The minimum atomic E-state index is -0.172. The zero-order valence-electron chi connectivity index (χ0n) is 17.0. The zero-order chi connectivity index (χ0) is 19.6. The number of nitrogens with one attached hydrogen (secondary N) is 2. The number of guanidine groups is 1. The van der Waals surface area contributed by atoms with Crippen molar-refractivity contribution in [1.29, 1.82) is 0 Å². The topological polar surface area (TPSA) is 82.8 Å². The summed E-state index contributed by atoms with van der Waals surface area (Å²) in [6, 6.07) is 8.59. The second-order valence-corrected chi connectivity index (χ2v) is 7.83. The average molecular weight is 374 g/mol. The first-order chi connectivity index (χ1) is 13.0. The minimum Gasteiger partial charge on any atom is -0.369 e. The van der Waals surface area contributed by atoms with Gasteiger partial charge in [0.05, 0.1) is 5.92 Å². The Morgan fingerprint density at radius 2 is 2.11 bits per heavy atom. The highest BCUT2D eigenvalue weighted by Gasteiger charge is 2.23. The van der Waals surface area contributed by atoms with Crippen LogP contribution < -0.4 is 16.4 Å². The molecule has 0 aromatic heterocycles. The van der Waals surface area contributed by atoms with Gasteiger partial charge in [0.25, 0.3) is 0 Å². The molecule has 1 aliphatic heterocycles. The van der Waals surface area contributed by atoms with Crippen molar-refractivity contribution in [3.63, 3.8) is 0 Å². The van der Waals surface area contributed by atoms with Gasteiger partial charge in [0.1, 0.15) is 0 Å². The highest BCUT2D eigenvalue weighted by molar-refractivity contribution is 5.79. The number of hydrogen-bond donors (Lipinski definition) is 3. The molecule has 150 valence electrons. The Morgan fingerprint density at radius 1 is 1.33 bits per heavy atom. The number of benzene rings is 1. The number of rotatable bonds is 8. The summed E-state index contributed by atoms with van der Waals surface area (Å²) in [5, 5.41) is 6.73. The number of aliphatic imine (C=N–C) groups is 1. The van der Waals surface area contributed by atoms with Crippen LogP contribution in [0.15, 0.2) is 29.3 Å². The van der Waals surface area contributed by atoms with Crippen molar-refractivity contribution in [2.75, 3.05) is 26.7 Å². The lowest BCUT2D eigenvalue weighted by Crippen LogP contribution is -2.40. The van der Waals surface area contributed by atoms with Crippen molar-refractivity contribution in [3.8, 4) is 0 Å². The van der Waals surface area contributed by atoms with Crippen LogP contribution in [0.3, 0.4) is 0 Å². The van der Waals surface area contributed by atoms with E-state index in [9.17, 15) is 4.79 Å². The van der Waals surface area contributed by atoms with Gasteiger partial charge in [0.2, 0.25) is 5.91 Å². The number of carbonyl (C=O) groups is 1. The minimum absolute atomic E-state index is 0.0103. The molecule has 1 amide bonds. The van der Waals surface area contributed by atoms with Crippen LogP contribution in [0.25, 0.3) is 0 Å². The predicted molar refractivity (Wildman–Crippen MR) is 111 cm³/mol. The summed E-state index contributed by atoms with van der Waals surface area (Å²) < 4.78 is 0. The first-order valence-corrected chi connectivity index (χ1v) is 10.0. The SMILES string of the molecule is CN=C(NCCC(C)C)NCc1cccc(CN2CCCC(C(N)=O)C2)c1. The third-order valence-corrected chi connectivity index (χ3v) is 5.00. The molecule has 1 heterocycles. The molecule has 1 aromatic rings. The Hall–Kier alpha value is -2.08. The van der Waals surface area contributed by atoms with Crippen LogP contribution in [0.2, 0.25) is 0 Å². The number of nitrogens with two attached hydrogens (primary N) is 1. The van der Waals surface area contributed by atoms with Gasteiger partial charge in [0, 0.05) is 33.2 Å². The van der Waals surface area contributed by atoms with Gasteiger partial charge in [-0.3, -0.25) is 14.7 Å². The highest BCUT2D eigenvalue weighted by atomic mass is 16.1. The van der Waals surface area contributed by atoms with Gasteiger partial charge in [-0.1, -0.05) is 38.1 Å². The summed E-state index contributed by atoms with van der Waals surface area (Å²) in [5.74, 6) is 1.33. The summed E-state index contributed by atoms with van der Waals surface area (Å²) in [4.78, 5) is 18.1. The van der Waals surface area contributed by atoms with Gasteiger partial charge < -0.3 is 16.4 Å². The monoisotopic (exact) mass is 373 g/mol. The summed E-state index contributed by atoms with van der Waals surface area (Å²) in [5.41, 5.74) is 7.98. The normalized spacial score (nSPS) is 18.5. The number of nitrogens with zero attached hydrogens (tertiary/aromatic N) is 2. The van der Waals surface area contributed by atoms with Gasteiger partial charge in [-0.15, -0.1) is 0 Å². The van der Waals surface area contributed by atoms with Crippen LogP contribution in [-0.2, 0) is 17.9 Å². The predicted octanol–water partition coefficient (Wildman–Crippen LogP) is 2.09. The quantitative estimate of drug-likeness (QED) is 0.481. The lowest BCUT2D eigenvalue weighted by molar-refractivity contribution is -0.123. The van der Waals surface area contributed by atoms with Crippen molar-refractivity contribution >= 4 is 11.9 Å². The molecule has 6 heteroatoms. The van der Waals surface area contributed by atoms with Crippen LogP contribution in [0.1, 0.15) is 44.2 Å². The van der Waals surface area contributed by atoms with Gasteiger partial charge in [-0.25, -0.2) is 0 Å². The second kappa shape index (κ2) is 10.9. The third-order valence-electron chi connectivity index (χ3n) is 5.00. The zero-order valence-corrected chi connectivity index (χ0v) is 17.0. The fraction of sp³-hybridized carbons (Fsp3) is 0.619. The van der Waals surface area contributed by atoms with Gasteiger partial charge in [0.15, 0.2) is 5.96 Å². The van der Waals surface area contributed by atoms with E-state index < -0.39 is 0 Å². The number of hydrogen-bond acceptors (Lipinski definition) is 3. The summed E-state index contributed by atoms with van der Waals surface area (Å²) in [6.07, 6.45) is 3.07. The summed E-state index contributed by atoms with van der Waals surface area (Å²) in [7, 11) is 1.80. The Balaban J connectivity index is 1.84. The maximum absolute atomic E-state index is 11.5. The molecule has 4 N–H and O–H groups in total. The standard InChI is InChI=1S/C21H35N5O/c1-16(2)9-10-24-21(23-3)25-13-17-6-4-7-18(12-17)14-26-11-5-8-19(15-26)20(22)27/h4,6-7,12,16,19H,5,8-11,13-15H2,1-3H3,(H2,22,27)(H2,23,24,25). The van der Waals surface area contributed by atoms with Crippen molar-refractivity contribution in [3.05, 3.63) is 35.4 Å². The highest BCUT2D eigenvalue weighted by Crippen LogP contribution is 2.18. The van der Waals surface area contributed by atoms with E-state index in [-0.39, 0.29) is 11.8 Å². The average Bonchev–Trinajstić information content (AvgIpc) is 2.64. The van der Waals surface area contributed by atoms with Gasteiger partial charge in [-0.2, -0.15) is 0 Å². The summed E-state index contributed by atoms with van der Waals surface area (Å²) >= 11 is 0. The van der Waals surface area contributed by atoms with E-state index in [1.807, 2.05) is 0 Å². The largest absolute Gasteiger partial charge is 0.369 e. The van der Waals surface area contributed by atoms with Crippen LogP contribution in [-0.4, -0.2) is 43.4 Å². The number of piperidine rings is 1. The van der Waals surface area contributed by atoms with E-state index in [4.69, 9.17) is 5.73 Å². The van der Waals surface area contributed by atoms with E-state index in [1.54, 1.807) is 7.05 Å². The number of amides is 1. The van der Waals surface area contributed by atoms with Crippen molar-refractivity contribution in [2.24, 2.45) is 22.6 Å². The van der Waals surface area contributed by atoms with Crippen molar-refractivity contribution in [1.82, 2.24) is 15.5 Å². The Kier molecular flexibility index (Phi) is 8.58. The molecular formula is C21H35N5O. The van der Waals surface area contributed by atoms with E-state index >= 15 is 0 Å². The Morgan fingerprint density at radius 3 is 2.81 bits per heavy atom. The Bertz CT molecular complexity index is 629. The fourth-order valence-corrected chi connectivity index (χ4v) is 3.41. The molecule has 1 aromatic carbocycles. The van der Waals surface area contributed by atoms with Crippen molar-refractivity contribution in [2.45, 2.75) is 46.2 Å². The Labute approximate surface area is 163 Å². The summed E-state index contributed by atoms with van der Waals surface area (Å²) in [6.45, 7) is 8.75. The molecule has 0 saturated carbocycles. The van der Waals surface area contributed by atoms with Crippen LogP contribution >= 0.6 is 0 Å². The van der Waals surface area contributed by atoms with E-state index in [2.05, 4.69) is 58.6 Å². The second-order valence-electron chi connectivity index (χ2n) is 7.83. The van der Waals surface area contributed by atoms with E-state index in [0.717, 1.165) is 57.9 Å². The lowest BCUT2D eigenvalue weighted by Gasteiger charge is -2.31. The molecule has 27 heavy (non-hydrogen) atoms. The molecule has 0 radical (unpaired) electrons. The smallest absolute Gasteiger partial charge is 0.221 e. The van der Waals surface area contributed by atoms with E-state index in [1.165, 1.54) is 11.1 Å². The molecule has 0 aliphatic carbocycles. The molecule has 0 spiro atoms. The van der Waals surface area contributed by atoms with Crippen LogP contribution in [0.4, 0.5) is 0 Å². The maximum Gasteiger partial charge on any atom is 0.221 e. The molecule has 2 rings (SSSR count). The fourth-order valence-electron chi connectivity index (χ4n) is 3.41. The first-order valence-electron chi connectivity index (χ1n) is 10.0. The van der Waals surface area contributed by atoms with Crippen LogP contribution in [0.5, 0.6) is 0 Å². The number of primary amides is 1. The number of likely N-dealkylation sites (tertiary alicyclic amines) is 1. The molecule has 1 saturated heterocycles. The molecule has 1 atom stereocenters. The third kappa shape index (κ3) is 7.59. The maximum atomic E-state index is 11.5. The van der Waals surface area contributed by atoms with Crippen molar-refractivity contribution < 1.29 is 4.79 Å². The molecule has 1 aliphatic rings. The number of carbonyl (C=O) groups excluding carboxylic acids is 1. The molecule has 0 bridgehead atoms. The van der Waals surface area contributed by atoms with Crippen LogP contribution in [0, 0.1) is 11.8 Å².